The monoisotopic (exact) mass is 639 g/mol. The summed E-state index contributed by atoms with van der Waals surface area (Å²) in [5, 5.41) is -0.411. The molecule has 1 amide bonds. The lowest BCUT2D eigenvalue weighted by molar-refractivity contribution is -0.143. The normalized spacial score (nSPS) is 30.9. The van der Waals surface area contributed by atoms with E-state index >= 15 is 4.39 Å². The number of hydrogen-bond donors (Lipinski definition) is 0. The van der Waals surface area contributed by atoms with Gasteiger partial charge in [-0.3, -0.25) is 19.4 Å². The van der Waals surface area contributed by atoms with Crippen LogP contribution in [0.4, 0.5) is 17.6 Å². The maximum absolute atomic E-state index is 17.2. The summed E-state index contributed by atoms with van der Waals surface area (Å²) in [5.41, 5.74) is -2.48. The molecule has 0 N–H and O–H groups in total. The second kappa shape index (κ2) is 12.4. The van der Waals surface area contributed by atoms with E-state index in [9.17, 15) is 22.8 Å². The summed E-state index contributed by atoms with van der Waals surface area (Å²) in [7, 11) is 1.56. The Morgan fingerprint density at radius 1 is 1.00 bits per heavy atom. The van der Waals surface area contributed by atoms with Gasteiger partial charge in [-0.25, -0.2) is 4.39 Å². The summed E-state index contributed by atoms with van der Waals surface area (Å²) >= 11 is 5.71. The molecule has 1 aliphatic carbocycles. The molecule has 1 aromatic rings. The quantitative estimate of drug-likeness (QED) is 0.284. The number of nitrogens with zero attached hydrogens (tertiary/aromatic N) is 3. The number of alkyl halides is 4. The maximum atomic E-state index is 17.2. The van der Waals surface area contributed by atoms with Crippen LogP contribution in [0.15, 0.2) is 48.1 Å². The second-order valence-corrected chi connectivity index (χ2v) is 14.1. The highest BCUT2D eigenvalue weighted by Crippen LogP contribution is 2.45. The number of benzene rings is 1. The van der Waals surface area contributed by atoms with Crippen LogP contribution in [0.3, 0.4) is 0 Å². The minimum atomic E-state index is -4.49. The second-order valence-electron chi connectivity index (χ2n) is 13.7. The Bertz CT molecular complexity index is 1290. The SMILES string of the molecule is COc1ccc([C@@H]2CN(C(C)(C)C)C[C@@]2(F)C(=O)N2CC[C@H](C3C=CC(C(F)(F)F)=CC3N3CCC(C(=O)Cl)CC3)C2)cc1. The van der Waals surface area contributed by atoms with Gasteiger partial charge in [0.2, 0.25) is 10.9 Å². The minimum Gasteiger partial charge on any atom is -0.497 e. The molecule has 0 spiro atoms. The first-order chi connectivity index (χ1) is 20.6. The van der Waals surface area contributed by atoms with Crippen LogP contribution in [-0.4, -0.2) is 95.7 Å². The number of rotatable bonds is 6. The first-order valence-electron chi connectivity index (χ1n) is 15.4. The number of ether oxygens (including phenoxy) is 1. The average molecular weight is 640 g/mol. The molecule has 0 aromatic heterocycles. The fraction of sp³-hybridized carbons (Fsp3) is 0.636. The molecule has 2 unspecified atom stereocenters. The zero-order valence-electron chi connectivity index (χ0n) is 25.7. The Balaban J connectivity index is 1.36. The first-order valence-corrected chi connectivity index (χ1v) is 15.8. The van der Waals surface area contributed by atoms with Gasteiger partial charge in [-0.05, 0) is 88.3 Å². The smallest absolute Gasteiger partial charge is 0.416 e. The Hall–Kier alpha value is -2.43. The van der Waals surface area contributed by atoms with Crippen LogP contribution in [-0.2, 0) is 9.59 Å². The average Bonchev–Trinajstić information content (AvgIpc) is 3.62. The van der Waals surface area contributed by atoms with Crippen molar-refractivity contribution < 1.29 is 31.9 Å². The van der Waals surface area contributed by atoms with Crippen molar-refractivity contribution in [3.8, 4) is 5.75 Å². The van der Waals surface area contributed by atoms with Crippen molar-refractivity contribution in [2.45, 2.75) is 69.4 Å². The van der Waals surface area contributed by atoms with Gasteiger partial charge in [0, 0.05) is 55.5 Å². The van der Waals surface area contributed by atoms with E-state index in [1.807, 2.05) is 42.7 Å². The molecule has 3 heterocycles. The highest BCUT2D eigenvalue weighted by atomic mass is 35.5. The van der Waals surface area contributed by atoms with E-state index < -0.39 is 40.5 Å². The number of hydrogen-bond acceptors (Lipinski definition) is 5. The number of carbonyl (C=O) groups excluding carboxylic acids is 2. The lowest BCUT2D eigenvalue weighted by Gasteiger charge is -2.42. The van der Waals surface area contributed by atoms with Crippen LogP contribution in [0.2, 0.25) is 0 Å². The van der Waals surface area contributed by atoms with Crippen LogP contribution in [0.5, 0.6) is 5.75 Å². The van der Waals surface area contributed by atoms with Crippen molar-refractivity contribution >= 4 is 22.8 Å². The molecule has 3 aliphatic heterocycles. The van der Waals surface area contributed by atoms with Crippen molar-refractivity contribution in [3.05, 3.63) is 53.6 Å². The van der Waals surface area contributed by atoms with E-state index in [2.05, 4.69) is 0 Å². The van der Waals surface area contributed by atoms with Crippen LogP contribution < -0.4 is 4.74 Å². The number of halogens is 5. The summed E-state index contributed by atoms with van der Waals surface area (Å²) in [6, 6.07) is 6.63. The molecular formula is C33H42ClF4N3O3. The van der Waals surface area contributed by atoms with Gasteiger partial charge in [0.25, 0.3) is 5.91 Å². The molecule has 5 atom stereocenters. The summed E-state index contributed by atoms with van der Waals surface area (Å²) in [6.07, 6.45) is 1.09. The Kier molecular flexibility index (Phi) is 9.29. The molecule has 44 heavy (non-hydrogen) atoms. The van der Waals surface area contributed by atoms with Gasteiger partial charge >= 0.3 is 6.18 Å². The number of allylic oxidation sites excluding steroid dienone is 2. The molecule has 0 saturated carbocycles. The third kappa shape index (κ3) is 6.58. The fourth-order valence-electron chi connectivity index (χ4n) is 7.38. The fourth-order valence-corrected chi connectivity index (χ4v) is 7.60. The Morgan fingerprint density at radius 3 is 2.23 bits per heavy atom. The lowest BCUT2D eigenvalue weighted by atomic mass is 9.79. The largest absolute Gasteiger partial charge is 0.497 e. The summed E-state index contributed by atoms with van der Waals surface area (Å²) in [6.45, 7) is 7.88. The zero-order chi connectivity index (χ0) is 32.0. The van der Waals surface area contributed by atoms with E-state index in [0.717, 1.165) is 11.6 Å². The molecule has 4 aliphatic rings. The van der Waals surface area contributed by atoms with Gasteiger partial charge in [-0.2, -0.15) is 13.2 Å². The predicted octanol–water partition coefficient (Wildman–Crippen LogP) is 5.97. The topological polar surface area (TPSA) is 53.1 Å². The van der Waals surface area contributed by atoms with Gasteiger partial charge in [0.1, 0.15) is 5.75 Å². The van der Waals surface area contributed by atoms with Gasteiger partial charge in [-0.1, -0.05) is 30.4 Å². The number of piperidine rings is 1. The van der Waals surface area contributed by atoms with E-state index in [4.69, 9.17) is 16.3 Å². The van der Waals surface area contributed by atoms with E-state index in [0.29, 0.717) is 51.2 Å². The predicted molar refractivity (Wildman–Crippen MR) is 161 cm³/mol. The van der Waals surface area contributed by atoms with Crippen molar-refractivity contribution in [2.24, 2.45) is 17.8 Å². The third-order valence-electron chi connectivity index (χ3n) is 10.1. The molecular weight excluding hydrogens is 598 g/mol. The van der Waals surface area contributed by atoms with E-state index in [1.165, 1.54) is 6.08 Å². The van der Waals surface area contributed by atoms with Crippen molar-refractivity contribution in [2.75, 3.05) is 46.4 Å². The number of likely N-dealkylation sites (tertiary alicyclic amines) is 3. The third-order valence-corrected chi connectivity index (χ3v) is 10.4. The summed E-state index contributed by atoms with van der Waals surface area (Å²) in [5.74, 6) is -1.31. The number of methoxy groups -OCH3 is 1. The van der Waals surface area contributed by atoms with Gasteiger partial charge in [0.15, 0.2) is 0 Å². The lowest BCUT2D eigenvalue weighted by Crippen LogP contribution is -2.51. The van der Waals surface area contributed by atoms with Crippen molar-refractivity contribution in [1.82, 2.24) is 14.7 Å². The number of carbonyl (C=O) groups is 2. The van der Waals surface area contributed by atoms with E-state index in [1.54, 1.807) is 30.2 Å². The molecule has 3 fully saturated rings. The van der Waals surface area contributed by atoms with Gasteiger partial charge < -0.3 is 9.64 Å². The minimum absolute atomic E-state index is 0.0366. The van der Waals surface area contributed by atoms with Crippen LogP contribution in [0.1, 0.15) is 51.5 Å². The Labute approximate surface area is 262 Å². The number of amides is 1. The summed E-state index contributed by atoms with van der Waals surface area (Å²) < 4.78 is 63.8. The summed E-state index contributed by atoms with van der Waals surface area (Å²) in [4.78, 5) is 31.4. The molecule has 5 rings (SSSR count). The molecule has 3 saturated heterocycles. The maximum Gasteiger partial charge on any atom is 0.416 e. The van der Waals surface area contributed by atoms with Crippen molar-refractivity contribution in [3.63, 3.8) is 0 Å². The molecule has 0 bridgehead atoms. The van der Waals surface area contributed by atoms with Crippen molar-refractivity contribution in [1.29, 1.82) is 0 Å². The van der Waals surface area contributed by atoms with E-state index in [-0.39, 0.29) is 36.4 Å². The van der Waals surface area contributed by atoms with Crippen LogP contribution in [0.25, 0.3) is 0 Å². The van der Waals surface area contributed by atoms with Crippen LogP contribution in [0, 0.1) is 17.8 Å². The highest BCUT2D eigenvalue weighted by Gasteiger charge is 2.57. The molecule has 242 valence electrons. The highest BCUT2D eigenvalue weighted by molar-refractivity contribution is 6.64. The molecule has 0 radical (unpaired) electrons. The molecule has 11 heteroatoms. The first kappa shape index (κ1) is 32.9. The molecule has 6 nitrogen and oxygen atoms in total. The standard InChI is InChI=1S/C33H42ClF4N3O3/c1-31(2,3)41-19-27(21-5-8-25(44-4)9-6-21)32(35,20-41)30(43)40-16-13-23(18-40)26-10-7-24(33(36,37)38)17-28(26)39-14-11-22(12-15-39)29(34)42/h5-10,17,22-23,26-28H,11-16,18-20H2,1-4H3/t23-,26?,27-,28?,32-/m0/s1. The molecule has 1 aromatic carbocycles. The van der Waals surface area contributed by atoms with Crippen LogP contribution >= 0.6 is 11.6 Å². The van der Waals surface area contributed by atoms with Gasteiger partial charge in [-0.15, -0.1) is 0 Å². The Morgan fingerprint density at radius 2 is 1.66 bits per heavy atom. The zero-order valence-corrected chi connectivity index (χ0v) is 26.5. The van der Waals surface area contributed by atoms with Gasteiger partial charge in [0.05, 0.1) is 12.7 Å².